The molecule has 0 aliphatic carbocycles. The first-order valence-corrected chi connectivity index (χ1v) is 6.07. The van der Waals surface area contributed by atoms with Gasteiger partial charge in [0.05, 0.1) is 11.9 Å². The smallest absolute Gasteiger partial charge is 0.281 e. The van der Waals surface area contributed by atoms with Crippen LogP contribution in [0, 0.1) is 0 Å². The summed E-state index contributed by atoms with van der Waals surface area (Å²) >= 11 is 0. The van der Waals surface area contributed by atoms with Crippen molar-refractivity contribution in [2.45, 2.75) is 13.5 Å². The maximum Gasteiger partial charge on any atom is 0.281 e. The summed E-state index contributed by atoms with van der Waals surface area (Å²) in [5, 5.41) is 0. The third-order valence-electron chi connectivity index (χ3n) is 2.95. The van der Waals surface area contributed by atoms with Crippen LogP contribution in [0.25, 0.3) is 22.4 Å². The molecule has 0 unspecified atom stereocenters. The number of rotatable bonds is 2. The zero-order valence-corrected chi connectivity index (χ0v) is 10.4. The lowest BCUT2D eigenvalue weighted by Crippen LogP contribution is -2.21. The minimum absolute atomic E-state index is 0.155. The Bertz CT molecular complexity index is 780. The molecule has 0 spiro atoms. The number of fused-ring (bicyclic) bond motifs is 1. The maximum atomic E-state index is 12.2. The topological polar surface area (TPSA) is 60.7 Å². The molecule has 1 aromatic carbocycles. The van der Waals surface area contributed by atoms with Crippen molar-refractivity contribution in [1.82, 2.24) is 19.5 Å². The predicted octanol–water partition coefficient (Wildman–Crippen LogP) is 1.87. The second kappa shape index (κ2) is 4.61. The summed E-state index contributed by atoms with van der Waals surface area (Å²) in [6.07, 6.45) is 3.14. The highest BCUT2D eigenvalue weighted by molar-refractivity contribution is 5.72. The highest BCUT2D eigenvalue weighted by Crippen LogP contribution is 2.16. The number of aryl methyl sites for hydroxylation is 1. The summed E-state index contributed by atoms with van der Waals surface area (Å²) in [7, 11) is 0. The lowest BCUT2D eigenvalue weighted by Gasteiger charge is -2.04. The van der Waals surface area contributed by atoms with Gasteiger partial charge in [0.15, 0.2) is 11.2 Å². The van der Waals surface area contributed by atoms with Crippen LogP contribution in [-0.4, -0.2) is 19.5 Å². The average molecular weight is 252 g/mol. The van der Waals surface area contributed by atoms with E-state index in [1.165, 1.54) is 10.9 Å². The molecule has 0 atom stereocenters. The van der Waals surface area contributed by atoms with E-state index in [9.17, 15) is 4.79 Å². The van der Waals surface area contributed by atoms with Gasteiger partial charge in [0, 0.05) is 12.1 Å². The van der Waals surface area contributed by atoms with Gasteiger partial charge in [-0.05, 0) is 6.92 Å². The molecule has 0 bridgehead atoms. The normalized spacial score (nSPS) is 10.8. The van der Waals surface area contributed by atoms with E-state index in [0.717, 1.165) is 5.56 Å². The van der Waals surface area contributed by atoms with Gasteiger partial charge < -0.3 is 0 Å². The first-order chi connectivity index (χ1) is 9.29. The first kappa shape index (κ1) is 11.5. The summed E-state index contributed by atoms with van der Waals surface area (Å²) < 4.78 is 1.52. The molecule has 19 heavy (non-hydrogen) atoms. The monoisotopic (exact) mass is 252 g/mol. The van der Waals surface area contributed by atoms with Crippen molar-refractivity contribution in [1.29, 1.82) is 0 Å². The van der Waals surface area contributed by atoms with Crippen LogP contribution in [0.3, 0.4) is 0 Å². The highest BCUT2D eigenvalue weighted by atomic mass is 16.1. The largest absolute Gasteiger partial charge is 0.298 e. The van der Waals surface area contributed by atoms with E-state index in [0.29, 0.717) is 23.4 Å². The van der Waals surface area contributed by atoms with Gasteiger partial charge in [0.2, 0.25) is 0 Å². The van der Waals surface area contributed by atoms with Gasteiger partial charge in [-0.1, -0.05) is 30.3 Å². The second-order valence-corrected chi connectivity index (χ2v) is 4.13. The molecular weight excluding hydrogens is 240 g/mol. The van der Waals surface area contributed by atoms with E-state index < -0.39 is 0 Å². The van der Waals surface area contributed by atoms with Crippen molar-refractivity contribution in [3.63, 3.8) is 0 Å². The lowest BCUT2D eigenvalue weighted by molar-refractivity contribution is 0.714. The lowest BCUT2D eigenvalue weighted by atomic mass is 10.2. The molecule has 0 amide bonds. The molecule has 0 radical (unpaired) electrons. The fourth-order valence-corrected chi connectivity index (χ4v) is 1.91. The molecule has 0 N–H and O–H groups in total. The molecular formula is C14H12N4O. The van der Waals surface area contributed by atoms with Gasteiger partial charge in [-0.3, -0.25) is 9.36 Å². The minimum atomic E-state index is -0.155. The van der Waals surface area contributed by atoms with Crippen LogP contribution >= 0.6 is 0 Å². The van der Waals surface area contributed by atoms with Crippen LogP contribution in [0.5, 0.6) is 0 Å². The Morgan fingerprint density at radius 1 is 1.16 bits per heavy atom. The summed E-state index contributed by atoms with van der Waals surface area (Å²) in [4.78, 5) is 24.9. The van der Waals surface area contributed by atoms with Crippen molar-refractivity contribution >= 4 is 11.2 Å². The standard InChI is InChI=1S/C14H12N4O/c1-2-18-9-16-13-12(14(18)19)17-11(8-15-13)10-6-4-3-5-7-10/h3-9H,2H2,1H3. The number of hydrogen-bond donors (Lipinski definition) is 0. The van der Waals surface area contributed by atoms with Crippen LogP contribution in [0.1, 0.15) is 6.92 Å². The van der Waals surface area contributed by atoms with Crippen LogP contribution in [0.15, 0.2) is 47.7 Å². The number of hydrogen-bond acceptors (Lipinski definition) is 4. The molecule has 5 nitrogen and oxygen atoms in total. The van der Waals surface area contributed by atoms with Crippen LogP contribution in [0.2, 0.25) is 0 Å². The Morgan fingerprint density at radius 2 is 1.95 bits per heavy atom. The zero-order chi connectivity index (χ0) is 13.2. The van der Waals surface area contributed by atoms with Crippen molar-refractivity contribution in [3.05, 3.63) is 53.2 Å². The predicted molar refractivity (Wildman–Crippen MR) is 72.7 cm³/mol. The SMILES string of the molecule is CCn1cnc2ncc(-c3ccccc3)nc2c1=O. The Kier molecular flexibility index (Phi) is 2.79. The van der Waals surface area contributed by atoms with Gasteiger partial charge in [0.25, 0.3) is 5.56 Å². The van der Waals surface area contributed by atoms with E-state index in [1.54, 1.807) is 6.20 Å². The second-order valence-electron chi connectivity index (χ2n) is 4.13. The molecule has 2 aromatic heterocycles. The fraction of sp³-hybridized carbons (Fsp3) is 0.143. The Morgan fingerprint density at radius 3 is 2.68 bits per heavy atom. The highest BCUT2D eigenvalue weighted by Gasteiger charge is 2.08. The summed E-state index contributed by atoms with van der Waals surface area (Å²) in [5.74, 6) is 0. The van der Waals surface area contributed by atoms with Gasteiger partial charge >= 0.3 is 0 Å². The van der Waals surface area contributed by atoms with Gasteiger partial charge in [0.1, 0.15) is 6.33 Å². The molecule has 94 valence electrons. The molecule has 2 heterocycles. The molecule has 0 saturated carbocycles. The summed E-state index contributed by atoms with van der Waals surface area (Å²) in [5.41, 5.74) is 2.15. The van der Waals surface area contributed by atoms with Gasteiger partial charge in [-0.2, -0.15) is 0 Å². The van der Waals surface area contributed by atoms with Crippen molar-refractivity contribution in [2.75, 3.05) is 0 Å². The third-order valence-corrected chi connectivity index (χ3v) is 2.95. The molecule has 0 aliphatic heterocycles. The van der Waals surface area contributed by atoms with E-state index >= 15 is 0 Å². The van der Waals surface area contributed by atoms with Crippen LogP contribution < -0.4 is 5.56 Å². The molecule has 0 aliphatic rings. The molecule has 0 saturated heterocycles. The average Bonchev–Trinajstić information content (AvgIpc) is 2.48. The zero-order valence-electron chi connectivity index (χ0n) is 10.4. The molecule has 3 aromatic rings. The third kappa shape index (κ3) is 1.99. The molecule has 3 rings (SSSR count). The quantitative estimate of drug-likeness (QED) is 0.698. The fourth-order valence-electron chi connectivity index (χ4n) is 1.91. The Hall–Kier alpha value is -2.56. The number of nitrogens with zero attached hydrogens (tertiary/aromatic N) is 4. The van der Waals surface area contributed by atoms with Gasteiger partial charge in [-0.15, -0.1) is 0 Å². The number of benzene rings is 1. The van der Waals surface area contributed by atoms with Gasteiger partial charge in [-0.25, -0.2) is 15.0 Å². The maximum absolute atomic E-state index is 12.2. The van der Waals surface area contributed by atoms with E-state index in [2.05, 4.69) is 15.0 Å². The van der Waals surface area contributed by atoms with Crippen LogP contribution in [-0.2, 0) is 6.54 Å². The molecule has 0 fully saturated rings. The Labute approximate surface area is 109 Å². The summed E-state index contributed by atoms with van der Waals surface area (Å²) in [6.45, 7) is 2.46. The van der Waals surface area contributed by atoms with Crippen molar-refractivity contribution in [3.8, 4) is 11.3 Å². The molecule has 5 heteroatoms. The van der Waals surface area contributed by atoms with Crippen molar-refractivity contribution < 1.29 is 0 Å². The van der Waals surface area contributed by atoms with E-state index in [1.807, 2.05) is 37.3 Å². The van der Waals surface area contributed by atoms with Crippen LogP contribution in [0.4, 0.5) is 0 Å². The van der Waals surface area contributed by atoms with E-state index in [-0.39, 0.29) is 5.56 Å². The van der Waals surface area contributed by atoms with E-state index in [4.69, 9.17) is 0 Å². The first-order valence-electron chi connectivity index (χ1n) is 6.07. The minimum Gasteiger partial charge on any atom is -0.298 e. The van der Waals surface area contributed by atoms with Crippen molar-refractivity contribution in [2.24, 2.45) is 0 Å². The number of aromatic nitrogens is 4. The Balaban J connectivity index is 2.25. The summed E-state index contributed by atoms with van der Waals surface area (Å²) in [6, 6.07) is 9.66.